The van der Waals surface area contributed by atoms with Gasteiger partial charge in [0, 0.05) is 82.8 Å². The van der Waals surface area contributed by atoms with E-state index in [1.165, 1.54) is 11.1 Å². The van der Waals surface area contributed by atoms with Crippen molar-refractivity contribution in [1.82, 2.24) is 24.7 Å². The van der Waals surface area contributed by atoms with Crippen molar-refractivity contribution in [1.29, 1.82) is 0 Å². The van der Waals surface area contributed by atoms with E-state index in [-0.39, 0.29) is 12.7 Å². The molecule has 0 aliphatic carbocycles. The molecule has 0 N–H and O–H groups in total. The number of hydrogen-bond donors (Lipinski definition) is 0. The van der Waals surface area contributed by atoms with Gasteiger partial charge < -0.3 is 19.3 Å². The van der Waals surface area contributed by atoms with Crippen molar-refractivity contribution >= 4 is 35.1 Å². The first-order valence-electron chi connectivity index (χ1n) is 15.7. The average molecular weight is 657 g/mol. The molecule has 4 aromatic rings. The van der Waals surface area contributed by atoms with E-state index in [9.17, 15) is 4.79 Å². The van der Waals surface area contributed by atoms with Crippen LogP contribution in [0.3, 0.4) is 0 Å². The van der Waals surface area contributed by atoms with Crippen LogP contribution in [0.15, 0.2) is 84.0 Å². The van der Waals surface area contributed by atoms with Crippen molar-refractivity contribution in [3.63, 3.8) is 0 Å². The number of hydrogen-bond acceptors (Lipinski definition) is 9. The highest BCUT2D eigenvalue weighted by molar-refractivity contribution is 7.98. The first-order chi connectivity index (χ1) is 22.6. The number of piperazine rings is 2. The summed E-state index contributed by atoms with van der Waals surface area (Å²) in [4.78, 5) is 31.8. The highest BCUT2D eigenvalue weighted by Crippen LogP contribution is 2.33. The molecule has 11 heteroatoms. The number of aromatic nitrogens is 2. The molecule has 3 aromatic carbocycles. The summed E-state index contributed by atoms with van der Waals surface area (Å²) in [7, 11) is 0. The van der Waals surface area contributed by atoms with E-state index >= 15 is 0 Å². The number of amides is 1. The third-order valence-electron chi connectivity index (χ3n) is 8.65. The van der Waals surface area contributed by atoms with Crippen molar-refractivity contribution in [3.05, 3.63) is 106 Å². The second-order valence-corrected chi connectivity index (χ2v) is 13.2. The van der Waals surface area contributed by atoms with Crippen LogP contribution in [-0.2, 0) is 18.8 Å². The lowest BCUT2D eigenvalue weighted by Crippen LogP contribution is -2.48. The molecule has 4 heterocycles. The third-order valence-corrected chi connectivity index (χ3v) is 9.76. The highest BCUT2D eigenvalue weighted by Gasteiger charge is 2.24. The molecule has 9 nitrogen and oxygen atoms in total. The Balaban J connectivity index is 0.905. The average Bonchev–Trinajstić information content (AvgIpc) is 3.56. The smallest absolute Gasteiger partial charge is 0.253 e. The molecule has 46 heavy (non-hydrogen) atoms. The molecular formula is C35H37ClN6O3S. The predicted molar refractivity (Wildman–Crippen MR) is 181 cm³/mol. The Hall–Kier alpha value is -3.83. The monoisotopic (exact) mass is 656 g/mol. The summed E-state index contributed by atoms with van der Waals surface area (Å²) in [6, 6.07) is 26.4. The molecule has 0 atom stereocenters. The van der Waals surface area contributed by atoms with Crippen molar-refractivity contribution < 1.29 is 14.3 Å². The lowest BCUT2D eigenvalue weighted by molar-refractivity contribution is 0.0628. The number of thioether (sulfide) groups is 1. The zero-order valence-electron chi connectivity index (χ0n) is 25.7. The minimum Gasteiger partial charge on any atom is -0.454 e. The molecule has 0 spiro atoms. The summed E-state index contributed by atoms with van der Waals surface area (Å²) in [6.45, 7) is 8.82. The summed E-state index contributed by atoms with van der Waals surface area (Å²) < 4.78 is 10.9. The van der Waals surface area contributed by atoms with Crippen LogP contribution in [0, 0.1) is 0 Å². The molecule has 3 aliphatic heterocycles. The van der Waals surface area contributed by atoms with Gasteiger partial charge in [-0.2, -0.15) is 0 Å². The number of carbonyl (C=O) groups is 1. The first kappa shape index (κ1) is 30.8. The minimum absolute atomic E-state index is 0.0716. The maximum atomic E-state index is 13.4. The lowest BCUT2D eigenvalue weighted by atomic mass is 10.1. The molecule has 0 radical (unpaired) electrons. The van der Waals surface area contributed by atoms with Gasteiger partial charge in [-0.25, -0.2) is 9.97 Å². The van der Waals surface area contributed by atoms with Crippen LogP contribution in [0.4, 0.5) is 5.82 Å². The largest absolute Gasteiger partial charge is 0.454 e. The van der Waals surface area contributed by atoms with Gasteiger partial charge in [0.05, 0.1) is 0 Å². The van der Waals surface area contributed by atoms with Gasteiger partial charge in [-0.1, -0.05) is 71.9 Å². The van der Waals surface area contributed by atoms with Gasteiger partial charge in [0.2, 0.25) is 6.79 Å². The second-order valence-electron chi connectivity index (χ2n) is 11.8. The first-order valence-corrected chi connectivity index (χ1v) is 17.1. The Morgan fingerprint density at radius 1 is 0.717 bits per heavy atom. The molecule has 1 aromatic heterocycles. The van der Waals surface area contributed by atoms with E-state index in [2.05, 4.69) is 56.1 Å². The number of ether oxygens (including phenoxy) is 2. The number of nitrogens with zero attached hydrogens (tertiary/aromatic N) is 6. The molecule has 0 saturated carbocycles. The van der Waals surface area contributed by atoms with Crippen molar-refractivity contribution in [2.75, 3.05) is 64.1 Å². The van der Waals surface area contributed by atoms with Gasteiger partial charge in [-0.05, 0) is 41.0 Å². The Bertz CT molecular complexity index is 1660. The van der Waals surface area contributed by atoms with Gasteiger partial charge in [0.1, 0.15) is 11.0 Å². The zero-order chi connectivity index (χ0) is 31.3. The van der Waals surface area contributed by atoms with Crippen molar-refractivity contribution in [2.45, 2.75) is 24.0 Å². The number of halogens is 1. The van der Waals surface area contributed by atoms with Gasteiger partial charge in [0.25, 0.3) is 5.91 Å². The van der Waals surface area contributed by atoms with E-state index in [1.54, 1.807) is 11.8 Å². The van der Waals surface area contributed by atoms with Crippen LogP contribution in [0.5, 0.6) is 11.5 Å². The van der Waals surface area contributed by atoms with Crippen molar-refractivity contribution in [2.24, 2.45) is 0 Å². The topological polar surface area (TPSA) is 74.3 Å². The van der Waals surface area contributed by atoms with Crippen LogP contribution in [0.1, 0.15) is 27.0 Å². The highest BCUT2D eigenvalue weighted by atomic mass is 35.5. The van der Waals surface area contributed by atoms with Crippen LogP contribution in [-0.4, -0.2) is 89.7 Å². The maximum Gasteiger partial charge on any atom is 0.253 e. The van der Waals surface area contributed by atoms with Gasteiger partial charge >= 0.3 is 0 Å². The number of fused-ring (bicyclic) bond motifs is 1. The fraction of sp³-hybridized carbons (Fsp3) is 0.343. The fourth-order valence-corrected chi connectivity index (χ4v) is 7.14. The Morgan fingerprint density at radius 2 is 1.43 bits per heavy atom. The Kier molecular flexibility index (Phi) is 9.57. The van der Waals surface area contributed by atoms with Gasteiger partial charge in [0.15, 0.2) is 16.7 Å². The fourth-order valence-electron chi connectivity index (χ4n) is 6.12. The lowest BCUT2D eigenvalue weighted by Gasteiger charge is -2.35. The predicted octanol–water partition coefficient (Wildman–Crippen LogP) is 5.43. The Morgan fingerprint density at radius 3 is 2.24 bits per heavy atom. The van der Waals surface area contributed by atoms with Crippen LogP contribution in [0.2, 0.25) is 5.15 Å². The van der Waals surface area contributed by atoms with E-state index in [1.807, 2.05) is 47.4 Å². The van der Waals surface area contributed by atoms with E-state index in [4.69, 9.17) is 26.1 Å². The van der Waals surface area contributed by atoms with Crippen LogP contribution < -0.4 is 14.4 Å². The summed E-state index contributed by atoms with van der Waals surface area (Å²) in [6.07, 6.45) is 0. The quantitative estimate of drug-likeness (QED) is 0.133. The minimum atomic E-state index is 0.0716. The van der Waals surface area contributed by atoms with E-state index in [0.717, 1.165) is 75.2 Å². The number of benzene rings is 3. The summed E-state index contributed by atoms with van der Waals surface area (Å²) in [5.41, 5.74) is 4.29. The molecule has 7 rings (SSSR count). The molecule has 1 amide bonds. The molecular weight excluding hydrogens is 620 g/mol. The van der Waals surface area contributed by atoms with Gasteiger partial charge in [-0.3, -0.25) is 14.6 Å². The maximum absolute atomic E-state index is 13.4. The number of rotatable bonds is 9. The van der Waals surface area contributed by atoms with Crippen molar-refractivity contribution in [3.8, 4) is 11.5 Å². The molecule has 238 valence electrons. The number of anilines is 1. The second kappa shape index (κ2) is 14.3. The summed E-state index contributed by atoms with van der Waals surface area (Å²) in [5.74, 6) is 3.19. The third kappa shape index (κ3) is 7.58. The molecule has 0 unspecified atom stereocenters. The standard InChI is InChI=1S/C35H37ClN6O3S/c36-32-21-33(41-15-11-39(12-16-41)22-26-5-2-1-3-6-26)38-35(37-32)46-24-28-7-4-8-29(19-28)34(43)42-17-13-40(14-18-42)23-27-9-10-30-31(20-27)45-25-44-30/h1-10,19-21H,11-18,22-25H2. The SMILES string of the molecule is O=C(c1cccc(CSc2nc(Cl)cc(N3CCN(Cc4ccccc4)CC3)n2)c1)N1CCN(Cc2ccc3c(c2)OCO3)CC1. The normalized spacial score (nSPS) is 17.0. The molecule has 0 bridgehead atoms. The zero-order valence-corrected chi connectivity index (χ0v) is 27.3. The van der Waals surface area contributed by atoms with Gasteiger partial charge in [-0.15, -0.1) is 0 Å². The number of carbonyl (C=O) groups excluding carboxylic acids is 1. The molecule has 3 aliphatic rings. The summed E-state index contributed by atoms with van der Waals surface area (Å²) in [5, 5.41) is 1.09. The summed E-state index contributed by atoms with van der Waals surface area (Å²) >= 11 is 7.99. The van der Waals surface area contributed by atoms with E-state index < -0.39 is 0 Å². The van der Waals surface area contributed by atoms with E-state index in [0.29, 0.717) is 34.7 Å². The van der Waals surface area contributed by atoms with Crippen LogP contribution in [0.25, 0.3) is 0 Å². The molecule has 2 saturated heterocycles. The van der Waals surface area contributed by atoms with Crippen LogP contribution >= 0.6 is 23.4 Å². The molecule has 2 fully saturated rings. The Labute approximate surface area is 279 Å².